The maximum Gasteiger partial charge on any atom is 0.341 e. The van der Waals surface area contributed by atoms with Gasteiger partial charge in [-0.3, -0.25) is 0 Å². The van der Waals surface area contributed by atoms with Crippen molar-refractivity contribution in [2.75, 3.05) is 12.3 Å². The first-order valence-electron chi connectivity index (χ1n) is 6.60. The van der Waals surface area contributed by atoms with E-state index in [-0.39, 0.29) is 5.97 Å². The van der Waals surface area contributed by atoms with Crippen molar-refractivity contribution in [3.05, 3.63) is 40.8 Å². The molecule has 2 rings (SSSR count). The zero-order chi connectivity index (χ0) is 14.7. The molecule has 106 valence electrons. The summed E-state index contributed by atoms with van der Waals surface area (Å²) in [5, 5.41) is 2.42. The van der Waals surface area contributed by atoms with Crippen LogP contribution in [0.2, 0.25) is 0 Å². The third-order valence-electron chi connectivity index (χ3n) is 2.93. The minimum absolute atomic E-state index is 0.307. The van der Waals surface area contributed by atoms with Crippen LogP contribution in [0.3, 0.4) is 0 Å². The Labute approximate surface area is 123 Å². The molecule has 2 aromatic rings. The molecule has 0 unspecified atom stereocenters. The number of rotatable bonds is 4. The minimum Gasteiger partial charge on any atom is -0.462 e. The van der Waals surface area contributed by atoms with Gasteiger partial charge in [-0.15, -0.1) is 11.3 Å². The van der Waals surface area contributed by atoms with E-state index in [1.54, 1.807) is 0 Å². The number of hydrogen-bond acceptors (Lipinski definition) is 4. The molecular formula is C16H19NO2S. The molecule has 0 saturated carbocycles. The highest BCUT2D eigenvalue weighted by Gasteiger charge is 2.20. The van der Waals surface area contributed by atoms with E-state index in [0.29, 0.717) is 23.1 Å². The Balaban J connectivity index is 2.32. The fourth-order valence-corrected chi connectivity index (χ4v) is 2.65. The summed E-state index contributed by atoms with van der Waals surface area (Å²) < 4.78 is 5.30. The molecule has 1 heterocycles. The van der Waals surface area contributed by atoms with Gasteiger partial charge in [0.05, 0.1) is 6.61 Å². The van der Waals surface area contributed by atoms with Crippen LogP contribution in [0.5, 0.6) is 0 Å². The Bertz CT molecular complexity index is 599. The van der Waals surface area contributed by atoms with Crippen molar-refractivity contribution >= 4 is 22.3 Å². The molecular weight excluding hydrogens is 270 g/mol. The van der Waals surface area contributed by atoms with E-state index in [9.17, 15) is 4.79 Å². The zero-order valence-electron chi connectivity index (χ0n) is 12.0. The number of thiophene rings is 1. The molecule has 0 aliphatic heterocycles. The maximum atomic E-state index is 12.2. The third-order valence-corrected chi connectivity index (χ3v) is 3.75. The number of esters is 1. The number of benzene rings is 1. The second-order valence-electron chi connectivity index (χ2n) is 5.25. The molecule has 1 aromatic heterocycles. The van der Waals surface area contributed by atoms with Crippen LogP contribution in [0.15, 0.2) is 29.6 Å². The van der Waals surface area contributed by atoms with Crippen LogP contribution in [0.1, 0.15) is 29.8 Å². The number of carbonyl (C=O) groups excluding carboxylic acids is 1. The van der Waals surface area contributed by atoms with Crippen molar-refractivity contribution in [2.45, 2.75) is 20.8 Å². The molecule has 0 saturated heterocycles. The smallest absolute Gasteiger partial charge is 0.341 e. The predicted molar refractivity (Wildman–Crippen MR) is 84.0 cm³/mol. The highest BCUT2D eigenvalue weighted by molar-refractivity contribution is 7.14. The number of anilines is 1. The molecule has 0 spiro atoms. The Hall–Kier alpha value is -1.81. The molecule has 0 amide bonds. The van der Waals surface area contributed by atoms with Crippen molar-refractivity contribution in [1.29, 1.82) is 0 Å². The molecule has 0 aliphatic rings. The van der Waals surface area contributed by atoms with Crippen LogP contribution in [-0.2, 0) is 4.74 Å². The standard InChI is InChI=1S/C16H19NO2S/c1-10(2)8-19-16(18)14-13(9-20-15(14)17)12-6-4-11(3)5-7-12/h4-7,9-10H,8,17H2,1-3H3. The first-order chi connectivity index (χ1) is 9.49. The van der Waals surface area contributed by atoms with Gasteiger partial charge in [-0.05, 0) is 18.4 Å². The van der Waals surface area contributed by atoms with Crippen LogP contribution >= 0.6 is 11.3 Å². The van der Waals surface area contributed by atoms with Gasteiger partial charge in [0, 0.05) is 10.9 Å². The van der Waals surface area contributed by atoms with Crippen LogP contribution in [0.25, 0.3) is 11.1 Å². The van der Waals surface area contributed by atoms with Gasteiger partial charge in [-0.1, -0.05) is 43.7 Å². The molecule has 1 aromatic carbocycles. The molecule has 0 radical (unpaired) electrons. The summed E-state index contributed by atoms with van der Waals surface area (Å²) in [7, 11) is 0. The van der Waals surface area contributed by atoms with Crippen LogP contribution in [0.4, 0.5) is 5.00 Å². The number of nitrogens with two attached hydrogens (primary N) is 1. The van der Waals surface area contributed by atoms with Gasteiger partial charge in [0.1, 0.15) is 10.6 Å². The van der Waals surface area contributed by atoms with E-state index in [1.165, 1.54) is 16.9 Å². The highest BCUT2D eigenvalue weighted by Crippen LogP contribution is 2.34. The number of aryl methyl sites for hydroxylation is 1. The van der Waals surface area contributed by atoms with E-state index >= 15 is 0 Å². The predicted octanol–water partition coefficient (Wildman–Crippen LogP) is 4.12. The van der Waals surface area contributed by atoms with Gasteiger partial charge in [-0.25, -0.2) is 4.79 Å². The Morgan fingerprint density at radius 2 is 1.95 bits per heavy atom. The van der Waals surface area contributed by atoms with E-state index < -0.39 is 0 Å². The molecule has 20 heavy (non-hydrogen) atoms. The second kappa shape index (κ2) is 6.09. The molecule has 0 atom stereocenters. The summed E-state index contributed by atoms with van der Waals surface area (Å²) in [4.78, 5) is 12.2. The van der Waals surface area contributed by atoms with E-state index in [1.807, 2.05) is 50.4 Å². The highest BCUT2D eigenvalue weighted by atomic mass is 32.1. The lowest BCUT2D eigenvalue weighted by atomic mass is 10.0. The lowest BCUT2D eigenvalue weighted by Crippen LogP contribution is -2.11. The summed E-state index contributed by atoms with van der Waals surface area (Å²) >= 11 is 1.37. The number of hydrogen-bond donors (Lipinski definition) is 1. The summed E-state index contributed by atoms with van der Waals surface area (Å²) in [6, 6.07) is 8.03. The molecule has 0 bridgehead atoms. The van der Waals surface area contributed by atoms with Crippen molar-refractivity contribution in [3.8, 4) is 11.1 Å². The van der Waals surface area contributed by atoms with Gasteiger partial charge in [0.25, 0.3) is 0 Å². The van der Waals surface area contributed by atoms with Gasteiger partial charge in [0.15, 0.2) is 0 Å². The number of ether oxygens (including phenoxy) is 1. The Kier molecular flexibility index (Phi) is 4.45. The van der Waals surface area contributed by atoms with Crippen molar-refractivity contribution in [1.82, 2.24) is 0 Å². The Morgan fingerprint density at radius 1 is 1.30 bits per heavy atom. The first kappa shape index (κ1) is 14.6. The minimum atomic E-state index is -0.340. The lowest BCUT2D eigenvalue weighted by Gasteiger charge is -2.09. The van der Waals surface area contributed by atoms with Crippen molar-refractivity contribution < 1.29 is 9.53 Å². The molecule has 2 N–H and O–H groups in total. The van der Waals surface area contributed by atoms with E-state index in [4.69, 9.17) is 10.5 Å². The average molecular weight is 289 g/mol. The average Bonchev–Trinajstić information content (AvgIpc) is 2.79. The SMILES string of the molecule is Cc1ccc(-c2csc(N)c2C(=O)OCC(C)C)cc1. The van der Waals surface area contributed by atoms with Crippen LogP contribution in [-0.4, -0.2) is 12.6 Å². The normalized spacial score (nSPS) is 10.8. The molecule has 0 fully saturated rings. The lowest BCUT2D eigenvalue weighted by molar-refractivity contribution is 0.0461. The number of carbonyl (C=O) groups is 1. The summed E-state index contributed by atoms with van der Waals surface area (Å²) in [5.74, 6) is -0.0327. The third kappa shape index (κ3) is 3.20. The fraction of sp³-hybridized carbons (Fsp3) is 0.312. The fourth-order valence-electron chi connectivity index (χ4n) is 1.84. The summed E-state index contributed by atoms with van der Waals surface area (Å²) in [5.41, 5.74) is 9.44. The van der Waals surface area contributed by atoms with Gasteiger partial charge in [-0.2, -0.15) is 0 Å². The van der Waals surface area contributed by atoms with Crippen molar-refractivity contribution in [2.24, 2.45) is 5.92 Å². The van der Waals surface area contributed by atoms with Gasteiger partial charge >= 0.3 is 5.97 Å². The topological polar surface area (TPSA) is 52.3 Å². The summed E-state index contributed by atoms with van der Waals surface area (Å²) in [6.45, 7) is 6.45. The molecule has 0 aliphatic carbocycles. The monoisotopic (exact) mass is 289 g/mol. The van der Waals surface area contributed by atoms with E-state index in [2.05, 4.69) is 0 Å². The largest absolute Gasteiger partial charge is 0.462 e. The van der Waals surface area contributed by atoms with Crippen LogP contribution in [0, 0.1) is 12.8 Å². The second-order valence-corrected chi connectivity index (χ2v) is 6.16. The zero-order valence-corrected chi connectivity index (χ0v) is 12.8. The quantitative estimate of drug-likeness (QED) is 0.861. The van der Waals surface area contributed by atoms with Gasteiger partial charge in [0.2, 0.25) is 0 Å². The maximum absolute atomic E-state index is 12.2. The first-order valence-corrected chi connectivity index (χ1v) is 7.48. The molecule has 4 heteroatoms. The molecule has 3 nitrogen and oxygen atoms in total. The Morgan fingerprint density at radius 3 is 2.55 bits per heavy atom. The van der Waals surface area contributed by atoms with Gasteiger partial charge < -0.3 is 10.5 Å². The summed E-state index contributed by atoms with van der Waals surface area (Å²) in [6.07, 6.45) is 0. The van der Waals surface area contributed by atoms with Crippen molar-refractivity contribution in [3.63, 3.8) is 0 Å². The number of nitrogen functional groups attached to an aromatic ring is 1. The van der Waals surface area contributed by atoms with E-state index in [0.717, 1.165) is 11.1 Å². The van der Waals surface area contributed by atoms with Crippen LogP contribution < -0.4 is 5.73 Å².